The van der Waals surface area contributed by atoms with Crippen LogP contribution in [0.25, 0.3) is 0 Å². The summed E-state index contributed by atoms with van der Waals surface area (Å²) < 4.78 is 11.6. The van der Waals surface area contributed by atoms with Gasteiger partial charge in [-0.2, -0.15) is 0 Å². The lowest BCUT2D eigenvalue weighted by molar-refractivity contribution is -0.167. The Hall–Kier alpha value is -1.89. The highest BCUT2D eigenvalue weighted by molar-refractivity contribution is 5.75. The van der Waals surface area contributed by atoms with Gasteiger partial charge in [0.05, 0.1) is 25.9 Å². The first-order valence-corrected chi connectivity index (χ1v) is 8.07. The van der Waals surface area contributed by atoms with E-state index in [4.69, 9.17) is 9.47 Å². The molecule has 1 spiro atoms. The van der Waals surface area contributed by atoms with E-state index in [1.807, 2.05) is 4.90 Å². The average molecular weight is 320 g/mol. The van der Waals surface area contributed by atoms with Gasteiger partial charge in [0, 0.05) is 33.1 Å². The molecule has 7 heteroatoms. The highest BCUT2D eigenvalue weighted by Crippen LogP contribution is 2.38. The highest BCUT2D eigenvalue weighted by Gasteiger charge is 2.49. The first-order valence-electron chi connectivity index (χ1n) is 8.07. The summed E-state index contributed by atoms with van der Waals surface area (Å²) in [4.78, 5) is 23.5. The highest BCUT2D eigenvalue weighted by atomic mass is 16.5. The Kier molecular flexibility index (Phi) is 4.66. The molecule has 0 saturated carbocycles. The third-order valence-electron chi connectivity index (χ3n) is 4.52. The summed E-state index contributed by atoms with van der Waals surface area (Å²) in [5.74, 6) is 1.14. The molecule has 126 valence electrons. The molecule has 0 bridgehead atoms. The zero-order valence-corrected chi connectivity index (χ0v) is 13.8. The quantitative estimate of drug-likeness (QED) is 0.839. The van der Waals surface area contributed by atoms with Crippen molar-refractivity contribution in [2.45, 2.75) is 24.9 Å². The molecule has 23 heavy (non-hydrogen) atoms. The van der Waals surface area contributed by atoms with Crippen LogP contribution < -0.4 is 4.74 Å². The smallest absolute Gasteiger partial charge is 0.319 e. The predicted octanol–water partition coefficient (Wildman–Crippen LogP) is 1.41. The minimum atomic E-state index is -0.138. The SMILES string of the molecule is CN(C)C(=O)N1CC2(CC(CCOc3cnccn3)CCO2)C1. The number of nitrogens with zero attached hydrogens (tertiary/aromatic N) is 4. The van der Waals surface area contributed by atoms with Gasteiger partial charge in [0.1, 0.15) is 5.60 Å². The molecule has 2 aliphatic rings. The van der Waals surface area contributed by atoms with Crippen molar-refractivity contribution in [1.82, 2.24) is 19.8 Å². The van der Waals surface area contributed by atoms with Crippen molar-refractivity contribution in [2.24, 2.45) is 5.92 Å². The van der Waals surface area contributed by atoms with E-state index < -0.39 is 0 Å². The van der Waals surface area contributed by atoms with Gasteiger partial charge in [-0.3, -0.25) is 4.98 Å². The monoisotopic (exact) mass is 320 g/mol. The molecular weight excluding hydrogens is 296 g/mol. The van der Waals surface area contributed by atoms with Crippen molar-refractivity contribution in [3.8, 4) is 5.88 Å². The van der Waals surface area contributed by atoms with Gasteiger partial charge in [0.2, 0.25) is 5.88 Å². The molecule has 1 aromatic heterocycles. The zero-order chi connectivity index (χ0) is 16.3. The van der Waals surface area contributed by atoms with Crippen molar-refractivity contribution in [3.63, 3.8) is 0 Å². The largest absolute Gasteiger partial charge is 0.477 e. The number of likely N-dealkylation sites (tertiary alicyclic amines) is 1. The van der Waals surface area contributed by atoms with Crippen LogP contribution in [0.3, 0.4) is 0 Å². The van der Waals surface area contributed by atoms with E-state index in [1.165, 1.54) is 0 Å². The number of carbonyl (C=O) groups is 1. The van der Waals surface area contributed by atoms with Crippen molar-refractivity contribution < 1.29 is 14.3 Å². The van der Waals surface area contributed by atoms with Crippen LogP contribution in [0, 0.1) is 5.92 Å². The molecule has 3 rings (SSSR count). The Bertz CT molecular complexity index is 531. The Labute approximate surface area is 136 Å². The van der Waals surface area contributed by atoms with E-state index >= 15 is 0 Å². The zero-order valence-electron chi connectivity index (χ0n) is 13.8. The fraction of sp³-hybridized carbons (Fsp3) is 0.688. The van der Waals surface area contributed by atoms with E-state index in [0.717, 1.165) is 25.9 Å². The normalized spacial score (nSPS) is 22.5. The van der Waals surface area contributed by atoms with Crippen LogP contribution in [0.2, 0.25) is 0 Å². The van der Waals surface area contributed by atoms with Gasteiger partial charge in [-0.25, -0.2) is 9.78 Å². The first-order chi connectivity index (χ1) is 11.1. The summed E-state index contributed by atoms with van der Waals surface area (Å²) in [6.45, 7) is 2.80. The summed E-state index contributed by atoms with van der Waals surface area (Å²) in [6, 6.07) is 0.0623. The van der Waals surface area contributed by atoms with E-state index in [-0.39, 0.29) is 11.6 Å². The maximum Gasteiger partial charge on any atom is 0.319 e. The number of ether oxygens (including phenoxy) is 2. The molecule has 0 radical (unpaired) electrons. The van der Waals surface area contributed by atoms with Crippen molar-refractivity contribution in [1.29, 1.82) is 0 Å². The van der Waals surface area contributed by atoms with Crippen LogP contribution in [0.4, 0.5) is 4.79 Å². The second-order valence-electron chi connectivity index (χ2n) is 6.60. The number of urea groups is 1. The summed E-state index contributed by atoms with van der Waals surface area (Å²) in [6.07, 6.45) is 7.91. The van der Waals surface area contributed by atoms with Crippen LogP contribution in [0.1, 0.15) is 19.3 Å². The lowest BCUT2D eigenvalue weighted by Gasteiger charge is -2.53. The molecule has 0 N–H and O–H groups in total. The molecule has 7 nitrogen and oxygen atoms in total. The molecule has 2 saturated heterocycles. The number of hydrogen-bond donors (Lipinski definition) is 0. The topological polar surface area (TPSA) is 67.8 Å². The molecule has 3 heterocycles. The van der Waals surface area contributed by atoms with E-state index in [1.54, 1.807) is 37.6 Å². The van der Waals surface area contributed by atoms with E-state index in [2.05, 4.69) is 9.97 Å². The van der Waals surface area contributed by atoms with Gasteiger partial charge in [-0.1, -0.05) is 0 Å². The fourth-order valence-electron chi connectivity index (χ4n) is 3.35. The number of carbonyl (C=O) groups excluding carboxylic acids is 1. The molecule has 0 aromatic carbocycles. The molecule has 0 aliphatic carbocycles. The summed E-state index contributed by atoms with van der Waals surface area (Å²) in [5.41, 5.74) is -0.138. The molecule has 2 aliphatic heterocycles. The summed E-state index contributed by atoms with van der Waals surface area (Å²) >= 11 is 0. The number of aromatic nitrogens is 2. The van der Waals surface area contributed by atoms with E-state index in [0.29, 0.717) is 31.5 Å². The van der Waals surface area contributed by atoms with Crippen LogP contribution in [-0.2, 0) is 4.74 Å². The summed E-state index contributed by atoms with van der Waals surface area (Å²) in [7, 11) is 3.56. The molecule has 1 unspecified atom stereocenters. The van der Waals surface area contributed by atoms with Crippen LogP contribution in [-0.4, -0.2) is 71.8 Å². The average Bonchev–Trinajstić information content (AvgIpc) is 2.53. The molecular formula is C16H24N4O3. The molecule has 1 aromatic rings. The lowest BCUT2D eigenvalue weighted by Crippen LogP contribution is -2.67. The van der Waals surface area contributed by atoms with Gasteiger partial charge in [0.25, 0.3) is 0 Å². The Morgan fingerprint density at radius 3 is 3.00 bits per heavy atom. The van der Waals surface area contributed by atoms with Crippen molar-refractivity contribution >= 4 is 6.03 Å². The van der Waals surface area contributed by atoms with Crippen LogP contribution >= 0.6 is 0 Å². The Morgan fingerprint density at radius 2 is 2.30 bits per heavy atom. The molecule has 2 amide bonds. The second-order valence-corrected chi connectivity index (χ2v) is 6.60. The number of hydrogen-bond acceptors (Lipinski definition) is 5. The molecule has 2 fully saturated rings. The van der Waals surface area contributed by atoms with Gasteiger partial charge in [-0.15, -0.1) is 0 Å². The third-order valence-corrected chi connectivity index (χ3v) is 4.52. The maximum atomic E-state index is 11.9. The van der Waals surface area contributed by atoms with E-state index in [9.17, 15) is 4.79 Å². The van der Waals surface area contributed by atoms with Gasteiger partial charge in [-0.05, 0) is 25.2 Å². The fourth-order valence-corrected chi connectivity index (χ4v) is 3.35. The van der Waals surface area contributed by atoms with Crippen LogP contribution in [0.5, 0.6) is 5.88 Å². The van der Waals surface area contributed by atoms with Gasteiger partial charge < -0.3 is 19.3 Å². The number of amides is 2. The second kappa shape index (κ2) is 6.70. The predicted molar refractivity (Wildman–Crippen MR) is 84.2 cm³/mol. The minimum Gasteiger partial charge on any atom is -0.477 e. The van der Waals surface area contributed by atoms with Gasteiger partial charge in [0.15, 0.2) is 0 Å². The lowest BCUT2D eigenvalue weighted by atomic mass is 9.79. The first kappa shape index (κ1) is 16.0. The van der Waals surface area contributed by atoms with Crippen LogP contribution in [0.15, 0.2) is 18.6 Å². The third kappa shape index (κ3) is 3.72. The Balaban J connectivity index is 1.43. The summed E-state index contributed by atoms with van der Waals surface area (Å²) in [5, 5.41) is 0. The van der Waals surface area contributed by atoms with Crippen molar-refractivity contribution in [3.05, 3.63) is 18.6 Å². The standard InChI is InChI=1S/C16H24N4O3/c1-19(2)15(21)20-11-16(12-20)9-13(4-8-23-16)3-7-22-14-10-17-5-6-18-14/h5-6,10,13H,3-4,7-9,11-12H2,1-2H3. The molecule has 1 atom stereocenters. The van der Waals surface area contributed by atoms with Gasteiger partial charge >= 0.3 is 6.03 Å². The number of rotatable bonds is 4. The maximum absolute atomic E-state index is 11.9. The minimum absolute atomic E-state index is 0.0623. The Morgan fingerprint density at radius 1 is 1.48 bits per heavy atom. The van der Waals surface area contributed by atoms with Crippen molar-refractivity contribution in [2.75, 3.05) is 40.4 Å².